The van der Waals surface area contributed by atoms with Crippen molar-refractivity contribution < 1.29 is 0 Å². The van der Waals surface area contributed by atoms with Gasteiger partial charge >= 0.3 is 0 Å². The molecule has 0 fully saturated rings. The fraction of sp³-hybridized carbons (Fsp3) is 0.0556. The van der Waals surface area contributed by atoms with Gasteiger partial charge in [0.05, 0.1) is 0 Å². The van der Waals surface area contributed by atoms with E-state index in [1.165, 1.54) is 68.8 Å². The van der Waals surface area contributed by atoms with E-state index in [-0.39, 0.29) is 0 Å². The first kappa shape index (κ1) is 20.9. The number of hydrogen-bond acceptors (Lipinski definition) is 1. The Labute approximate surface area is 219 Å². The van der Waals surface area contributed by atoms with Crippen LogP contribution in [0, 0.1) is 0 Å². The Morgan fingerprint density at radius 3 is 1.86 bits per heavy atom. The molecule has 8 rings (SSSR count). The van der Waals surface area contributed by atoms with E-state index in [9.17, 15) is 0 Å². The molecule has 1 aliphatic rings. The maximum absolute atomic E-state index is 2.48. The van der Waals surface area contributed by atoms with Gasteiger partial charge in [-0.05, 0) is 55.6 Å². The van der Waals surface area contributed by atoms with Crippen LogP contribution in [0.1, 0.15) is 17.9 Å². The first-order chi connectivity index (χ1) is 18.4. The molecule has 0 radical (unpaired) electrons. The number of benzene rings is 6. The summed E-state index contributed by atoms with van der Waals surface area (Å²) < 4.78 is 2.72. The van der Waals surface area contributed by atoms with Crippen LogP contribution >= 0.6 is 11.3 Å². The topological polar surface area (TPSA) is 0 Å². The second-order valence-corrected chi connectivity index (χ2v) is 11.1. The molecule has 0 nitrogen and oxygen atoms in total. The van der Waals surface area contributed by atoms with E-state index >= 15 is 0 Å². The van der Waals surface area contributed by atoms with Gasteiger partial charge in [0.1, 0.15) is 0 Å². The highest BCUT2D eigenvalue weighted by Gasteiger charge is 2.22. The zero-order chi connectivity index (χ0) is 24.3. The molecular formula is C36H24S. The molecule has 0 N–H and O–H groups in total. The highest BCUT2D eigenvalue weighted by atomic mass is 32.1. The molecule has 37 heavy (non-hydrogen) atoms. The van der Waals surface area contributed by atoms with Crippen LogP contribution in [-0.4, -0.2) is 0 Å². The molecule has 1 aromatic heterocycles. The van der Waals surface area contributed by atoms with Crippen molar-refractivity contribution in [2.24, 2.45) is 0 Å². The van der Waals surface area contributed by atoms with Crippen LogP contribution in [0.2, 0.25) is 0 Å². The van der Waals surface area contributed by atoms with E-state index in [0.29, 0.717) is 5.92 Å². The summed E-state index contributed by atoms with van der Waals surface area (Å²) in [6.07, 6.45) is 5.92. The van der Waals surface area contributed by atoms with E-state index in [4.69, 9.17) is 0 Å². The molecule has 1 aliphatic carbocycles. The van der Waals surface area contributed by atoms with E-state index in [1.807, 2.05) is 11.3 Å². The van der Waals surface area contributed by atoms with E-state index in [1.54, 1.807) is 0 Å². The first-order valence-corrected chi connectivity index (χ1v) is 13.8. The summed E-state index contributed by atoms with van der Waals surface area (Å²) in [6, 6.07) is 42.5. The predicted octanol–water partition coefficient (Wildman–Crippen LogP) is 8.78. The maximum Gasteiger partial charge on any atom is 0.0434 e. The summed E-state index contributed by atoms with van der Waals surface area (Å²) >= 11 is 1.91. The Bertz CT molecular complexity index is 2070. The Balaban J connectivity index is 1.50. The molecule has 0 saturated heterocycles. The van der Waals surface area contributed by atoms with Crippen LogP contribution in [0.15, 0.2) is 115 Å². The van der Waals surface area contributed by atoms with E-state index in [2.05, 4.69) is 127 Å². The van der Waals surface area contributed by atoms with Crippen molar-refractivity contribution in [1.82, 2.24) is 0 Å². The Morgan fingerprint density at radius 2 is 1.11 bits per heavy atom. The van der Waals surface area contributed by atoms with E-state index in [0.717, 1.165) is 6.42 Å². The van der Waals surface area contributed by atoms with Gasteiger partial charge in [0, 0.05) is 31.7 Å². The molecule has 0 amide bonds. The Kier molecular flexibility index (Phi) is 4.62. The van der Waals surface area contributed by atoms with Gasteiger partial charge in [0.25, 0.3) is 0 Å². The quantitative estimate of drug-likeness (QED) is 0.213. The van der Waals surface area contributed by atoms with Gasteiger partial charge in [-0.15, -0.1) is 11.3 Å². The summed E-state index contributed by atoms with van der Waals surface area (Å²) in [5.41, 5.74) is 4.14. The van der Waals surface area contributed by atoms with Gasteiger partial charge in [-0.2, -0.15) is 0 Å². The molecule has 1 heteroatoms. The lowest BCUT2D eigenvalue weighted by atomic mass is 9.81. The average Bonchev–Trinajstić information content (AvgIpc) is 3.35. The van der Waals surface area contributed by atoms with Gasteiger partial charge in [0.2, 0.25) is 0 Å². The lowest BCUT2D eigenvalue weighted by molar-refractivity contribution is 0.940. The van der Waals surface area contributed by atoms with Crippen LogP contribution in [0.25, 0.3) is 65.0 Å². The summed E-state index contributed by atoms with van der Waals surface area (Å²) in [6.45, 7) is 0. The van der Waals surface area contributed by atoms with Gasteiger partial charge < -0.3 is 0 Å². The minimum atomic E-state index is 0.346. The van der Waals surface area contributed by atoms with Crippen molar-refractivity contribution >= 4 is 65.2 Å². The van der Waals surface area contributed by atoms with Crippen LogP contribution < -0.4 is 10.4 Å². The number of thiophene rings is 1. The number of rotatable bonds is 2. The van der Waals surface area contributed by atoms with Crippen LogP contribution in [-0.2, 0) is 0 Å². The lowest BCUT2D eigenvalue weighted by Gasteiger charge is -2.23. The van der Waals surface area contributed by atoms with Crippen molar-refractivity contribution in [1.29, 1.82) is 0 Å². The molecule has 0 spiro atoms. The molecule has 0 bridgehead atoms. The zero-order valence-electron chi connectivity index (χ0n) is 20.3. The normalized spacial score (nSPS) is 15.1. The van der Waals surface area contributed by atoms with E-state index < -0.39 is 0 Å². The predicted molar refractivity (Wildman–Crippen MR) is 162 cm³/mol. The summed E-state index contributed by atoms with van der Waals surface area (Å²) in [4.78, 5) is 0. The number of hydrogen-bond donors (Lipinski definition) is 0. The fourth-order valence-electron chi connectivity index (χ4n) is 6.38. The maximum atomic E-state index is 2.48. The third-order valence-corrected chi connectivity index (χ3v) is 9.21. The van der Waals surface area contributed by atoms with Crippen molar-refractivity contribution in [3.63, 3.8) is 0 Å². The molecule has 0 aliphatic heterocycles. The minimum absolute atomic E-state index is 0.346. The average molecular weight is 489 g/mol. The molecule has 1 unspecified atom stereocenters. The Morgan fingerprint density at radius 1 is 0.514 bits per heavy atom. The molecular weight excluding hydrogens is 464 g/mol. The van der Waals surface area contributed by atoms with Crippen molar-refractivity contribution in [2.75, 3.05) is 0 Å². The molecule has 6 aromatic carbocycles. The van der Waals surface area contributed by atoms with Crippen molar-refractivity contribution in [3.8, 4) is 11.1 Å². The van der Waals surface area contributed by atoms with Gasteiger partial charge in [0.15, 0.2) is 0 Å². The molecule has 1 heterocycles. The van der Waals surface area contributed by atoms with Gasteiger partial charge in [-0.3, -0.25) is 0 Å². The third kappa shape index (κ3) is 3.14. The van der Waals surface area contributed by atoms with Crippen LogP contribution in [0.5, 0.6) is 0 Å². The molecule has 174 valence electrons. The largest absolute Gasteiger partial charge is 0.135 e. The second kappa shape index (κ2) is 8.16. The molecule has 0 saturated carbocycles. The second-order valence-electron chi connectivity index (χ2n) is 10.0. The van der Waals surface area contributed by atoms with Crippen molar-refractivity contribution in [2.45, 2.75) is 12.3 Å². The van der Waals surface area contributed by atoms with Crippen LogP contribution in [0.3, 0.4) is 0 Å². The summed E-state index contributed by atoms with van der Waals surface area (Å²) in [7, 11) is 0. The lowest BCUT2D eigenvalue weighted by Crippen LogP contribution is -2.27. The molecule has 1 atom stereocenters. The van der Waals surface area contributed by atoms with Gasteiger partial charge in [-0.25, -0.2) is 0 Å². The highest BCUT2D eigenvalue weighted by Crippen LogP contribution is 2.47. The molecule has 7 aromatic rings. The van der Waals surface area contributed by atoms with Gasteiger partial charge in [-0.1, -0.05) is 121 Å². The first-order valence-electron chi connectivity index (χ1n) is 13.0. The van der Waals surface area contributed by atoms with Crippen LogP contribution in [0.4, 0.5) is 0 Å². The summed E-state index contributed by atoms with van der Waals surface area (Å²) in [5.74, 6) is 0.346. The monoisotopic (exact) mass is 488 g/mol. The SMILES string of the molecule is C1=c2ccccc2=CC(c2c3ccccc3c(-c3cccc4c3sc3ccccc34)c3ccccc23)C1. The number of fused-ring (bicyclic) bond motifs is 6. The smallest absolute Gasteiger partial charge is 0.0434 e. The standard InChI is InChI=1S/C36H24S/c1-2-11-24-22-25(21-20-23(24)10-1)34-27-13-3-5-15-29(27)35(30-16-6-4-14-28(30)34)32-18-9-17-31-26-12-7-8-19-33(26)37-36(31)32/h1-20,22,25H,21H2. The fourth-order valence-corrected chi connectivity index (χ4v) is 7.61. The minimum Gasteiger partial charge on any atom is -0.135 e. The van der Waals surface area contributed by atoms with Crippen molar-refractivity contribution in [3.05, 3.63) is 131 Å². The zero-order valence-corrected chi connectivity index (χ0v) is 21.1. The summed E-state index contributed by atoms with van der Waals surface area (Å²) in [5, 5.41) is 10.8. The highest BCUT2D eigenvalue weighted by molar-refractivity contribution is 7.26. The third-order valence-electron chi connectivity index (χ3n) is 7.99. The Hall–Kier alpha value is -4.20.